The van der Waals surface area contributed by atoms with E-state index in [1.807, 2.05) is 19.1 Å². The summed E-state index contributed by atoms with van der Waals surface area (Å²) in [5, 5.41) is 6.04. The van der Waals surface area contributed by atoms with Crippen molar-refractivity contribution in [2.24, 2.45) is 5.92 Å². The molecule has 1 atom stereocenters. The first kappa shape index (κ1) is 17.2. The Kier molecular flexibility index (Phi) is 6.88. The molecule has 5 nitrogen and oxygen atoms in total. The fourth-order valence-corrected chi connectivity index (χ4v) is 1.70. The molecule has 1 aromatic carbocycles. The molecule has 0 fully saturated rings. The lowest BCUT2D eigenvalue weighted by Gasteiger charge is -2.15. The van der Waals surface area contributed by atoms with Crippen molar-refractivity contribution in [3.63, 3.8) is 0 Å². The molecule has 0 heterocycles. The third kappa shape index (κ3) is 5.95. The van der Waals surface area contributed by atoms with Crippen LogP contribution in [0.5, 0.6) is 0 Å². The van der Waals surface area contributed by atoms with Crippen LogP contribution in [0.4, 0.5) is 0 Å². The Morgan fingerprint density at radius 2 is 1.76 bits per heavy atom. The molecule has 0 saturated heterocycles. The molecule has 0 radical (unpaired) electrons. The average molecular weight is 292 g/mol. The standard InChI is InChI=1S/C16H24N2O3/c1-11(2)9-18-15(19)12(3)17-10-13-5-7-14(8-6-13)16(20)21-4/h5-8,11-12,17H,9-10H2,1-4H3,(H,18,19). The van der Waals surface area contributed by atoms with Gasteiger partial charge < -0.3 is 15.4 Å². The van der Waals surface area contributed by atoms with Gasteiger partial charge in [-0.25, -0.2) is 4.79 Å². The lowest BCUT2D eigenvalue weighted by Crippen LogP contribution is -2.42. The summed E-state index contributed by atoms with van der Waals surface area (Å²) in [4.78, 5) is 23.1. The van der Waals surface area contributed by atoms with E-state index in [1.54, 1.807) is 12.1 Å². The number of methoxy groups -OCH3 is 1. The van der Waals surface area contributed by atoms with E-state index in [2.05, 4.69) is 29.2 Å². The zero-order valence-electron chi connectivity index (χ0n) is 13.1. The quantitative estimate of drug-likeness (QED) is 0.751. The van der Waals surface area contributed by atoms with Crippen LogP contribution in [0.1, 0.15) is 36.7 Å². The van der Waals surface area contributed by atoms with Crippen LogP contribution in [-0.2, 0) is 16.1 Å². The second-order valence-corrected chi connectivity index (χ2v) is 5.43. The summed E-state index contributed by atoms with van der Waals surface area (Å²) < 4.78 is 4.64. The van der Waals surface area contributed by atoms with Gasteiger partial charge >= 0.3 is 5.97 Å². The average Bonchev–Trinajstić information content (AvgIpc) is 2.49. The van der Waals surface area contributed by atoms with Crippen molar-refractivity contribution in [1.82, 2.24) is 10.6 Å². The summed E-state index contributed by atoms with van der Waals surface area (Å²) in [5.74, 6) is 0.0813. The molecule has 0 spiro atoms. The van der Waals surface area contributed by atoms with Crippen LogP contribution < -0.4 is 10.6 Å². The third-order valence-electron chi connectivity index (χ3n) is 3.07. The minimum absolute atomic E-state index is 0.00474. The zero-order valence-corrected chi connectivity index (χ0v) is 13.1. The molecule has 0 aliphatic rings. The Bertz CT molecular complexity index is 469. The van der Waals surface area contributed by atoms with Gasteiger partial charge in [0.1, 0.15) is 0 Å². The van der Waals surface area contributed by atoms with Gasteiger partial charge in [-0.15, -0.1) is 0 Å². The summed E-state index contributed by atoms with van der Waals surface area (Å²) in [6, 6.07) is 6.86. The third-order valence-corrected chi connectivity index (χ3v) is 3.07. The number of rotatable bonds is 7. The van der Waals surface area contributed by atoms with Gasteiger partial charge in [0.25, 0.3) is 0 Å². The van der Waals surface area contributed by atoms with Crippen LogP contribution >= 0.6 is 0 Å². The number of carbonyl (C=O) groups excluding carboxylic acids is 2. The number of amides is 1. The molecular weight excluding hydrogens is 268 g/mol. The van der Waals surface area contributed by atoms with Crippen LogP contribution in [0.3, 0.4) is 0 Å². The van der Waals surface area contributed by atoms with Crippen molar-refractivity contribution < 1.29 is 14.3 Å². The summed E-state index contributed by atoms with van der Waals surface area (Å²) in [5.41, 5.74) is 1.52. The van der Waals surface area contributed by atoms with E-state index in [0.29, 0.717) is 24.6 Å². The Labute approximate surface area is 126 Å². The van der Waals surface area contributed by atoms with Crippen LogP contribution in [0.2, 0.25) is 0 Å². The van der Waals surface area contributed by atoms with Gasteiger partial charge in [-0.05, 0) is 30.5 Å². The Hall–Kier alpha value is -1.88. The maximum absolute atomic E-state index is 11.8. The molecular formula is C16H24N2O3. The number of nitrogens with one attached hydrogen (secondary N) is 2. The number of ether oxygens (including phenoxy) is 1. The predicted molar refractivity (Wildman–Crippen MR) is 81.9 cm³/mol. The van der Waals surface area contributed by atoms with Crippen molar-refractivity contribution in [3.05, 3.63) is 35.4 Å². The number of benzene rings is 1. The molecule has 0 aromatic heterocycles. The molecule has 0 aliphatic heterocycles. The van der Waals surface area contributed by atoms with Crippen LogP contribution in [0, 0.1) is 5.92 Å². The maximum Gasteiger partial charge on any atom is 0.337 e. The number of hydrogen-bond donors (Lipinski definition) is 2. The fourth-order valence-electron chi connectivity index (χ4n) is 1.70. The van der Waals surface area contributed by atoms with Crippen molar-refractivity contribution in [2.75, 3.05) is 13.7 Å². The molecule has 1 rings (SSSR count). The van der Waals surface area contributed by atoms with Gasteiger partial charge in [0.05, 0.1) is 18.7 Å². The van der Waals surface area contributed by atoms with Crippen LogP contribution in [0.25, 0.3) is 0 Å². The van der Waals surface area contributed by atoms with E-state index >= 15 is 0 Å². The highest BCUT2D eigenvalue weighted by Crippen LogP contribution is 2.06. The first-order valence-corrected chi connectivity index (χ1v) is 7.12. The molecule has 1 aromatic rings. The monoisotopic (exact) mass is 292 g/mol. The number of hydrogen-bond acceptors (Lipinski definition) is 4. The highest BCUT2D eigenvalue weighted by Gasteiger charge is 2.12. The molecule has 1 amide bonds. The van der Waals surface area contributed by atoms with E-state index < -0.39 is 0 Å². The highest BCUT2D eigenvalue weighted by atomic mass is 16.5. The lowest BCUT2D eigenvalue weighted by molar-refractivity contribution is -0.122. The van der Waals surface area contributed by atoms with Crippen molar-refractivity contribution in [2.45, 2.75) is 33.4 Å². The smallest absolute Gasteiger partial charge is 0.337 e. The van der Waals surface area contributed by atoms with Gasteiger partial charge in [0.15, 0.2) is 0 Å². The van der Waals surface area contributed by atoms with Gasteiger partial charge in [0, 0.05) is 13.1 Å². The van der Waals surface area contributed by atoms with E-state index in [4.69, 9.17) is 0 Å². The molecule has 0 bridgehead atoms. The molecule has 0 saturated carbocycles. The Morgan fingerprint density at radius 3 is 2.29 bits per heavy atom. The fraction of sp³-hybridized carbons (Fsp3) is 0.500. The van der Waals surface area contributed by atoms with Crippen molar-refractivity contribution in [1.29, 1.82) is 0 Å². The lowest BCUT2D eigenvalue weighted by atomic mass is 10.1. The molecule has 5 heteroatoms. The Morgan fingerprint density at radius 1 is 1.14 bits per heavy atom. The SMILES string of the molecule is COC(=O)c1ccc(CNC(C)C(=O)NCC(C)C)cc1. The first-order valence-electron chi connectivity index (χ1n) is 7.12. The topological polar surface area (TPSA) is 67.4 Å². The summed E-state index contributed by atoms with van der Waals surface area (Å²) in [6.45, 7) is 7.19. The van der Waals surface area contributed by atoms with Crippen LogP contribution in [-0.4, -0.2) is 31.6 Å². The second kappa shape index (κ2) is 8.42. The van der Waals surface area contributed by atoms with E-state index in [-0.39, 0.29) is 17.9 Å². The molecule has 1 unspecified atom stereocenters. The van der Waals surface area contributed by atoms with Crippen LogP contribution in [0.15, 0.2) is 24.3 Å². The summed E-state index contributed by atoms with van der Waals surface area (Å²) in [6.07, 6.45) is 0. The van der Waals surface area contributed by atoms with Crippen molar-refractivity contribution >= 4 is 11.9 Å². The second-order valence-electron chi connectivity index (χ2n) is 5.43. The Balaban J connectivity index is 2.44. The number of carbonyl (C=O) groups is 2. The largest absolute Gasteiger partial charge is 0.465 e. The minimum atomic E-state index is -0.351. The van der Waals surface area contributed by atoms with Gasteiger partial charge in [-0.1, -0.05) is 26.0 Å². The van der Waals surface area contributed by atoms with E-state index in [1.165, 1.54) is 7.11 Å². The minimum Gasteiger partial charge on any atom is -0.465 e. The summed E-state index contributed by atoms with van der Waals surface area (Å²) in [7, 11) is 1.36. The highest BCUT2D eigenvalue weighted by molar-refractivity contribution is 5.89. The van der Waals surface area contributed by atoms with E-state index in [9.17, 15) is 9.59 Å². The predicted octanol–water partition coefficient (Wildman–Crippen LogP) is 1.72. The van der Waals surface area contributed by atoms with Gasteiger partial charge in [-0.2, -0.15) is 0 Å². The molecule has 21 heavy (non-hydrogen) atoms. The van der Waals surface area contributed by atoms with Crippen molar-refractivity contribution in [3.8, 4) is 0 Å². The van der Waals surface area contributed by atoms with E-state index in [0.717, 1.165) is 5.56 Å². The maximum atomic E-state index is 11.8. The first-order chi connectivity index (χ1) is 9.93. The number of esters is 1. The molecule has 0 aliphatic carbocycles. The molecule has 2 N–H and O–H groups in total. The summed E-state index contributed by atoms with van der Waals surface area (Å²) >= 11 is 0. The zero-order chi connectivity index (χ0) is 15.8. The van der Waals surface area contributed by atoms with Gasteiger partial charge in [0.2, 0.25) is 5.91 Å². The van der Waals surface area contributed by atoms with Gasteiger partial charge in [-0.3, -0.25) is 4.79 Å². The molecule has 116 valence electrons. The normalized spacial score (nSPS) is 12.0.